The van der Waals surface area contributed by atoms with E-state index in [9.17, 15) is 16.8 Å². The number of benzene rings is 1. The zero-order valence-electron chi connectivity index (χ0n) is 11.8. The monoisotopic (exact) mass is 1010 g/mol. The molecule has 6 nitrogen and oxygen atoms in total. The third kappa shape index (κ3) is 7.91. The van der Waals surface area contributed by atoms with Crippen LogP contribution >= 0.6 is 155 Å². The molecule has 0 aromatic heterocycles. The predicted molar refractivity (Wildman–Crippen MR) is 137 cm³/mol. The molecule has 0 unspecified atom stereocenters. The fraction of sp³-hybridized carbons (Fsp3) is 0.333. The van der Waals surface area contributed by atoms with E-state index >= 15 is 0 Å². The minimum absolute atomic E-state index is 0.255. The predicted octanol–water partition coefficient (Wildman–Crippen LogP) is 7.58. The summed E-state index contributed by atoms with van der Waals surface area (Å²) in [6.07, 6.45) is 0. The first-order chi connectivity index (χ1) is 11.8. The fourth-order valence-corrected chi connectivity index (χ4v) is 7.84. The van der Waals surface area contributed by atoms with E-state index in [-0.39, 0.29) is 4.90 Å². The van der Waals surface area contributed by atoms with Crippen LogP contribution in [0.4, 0.5) is 0 Å². The quantitative estimate of drug-likeness (QED) is 0.130. The Balaban J connectivity index is 3.55. The number of alkyl halides is 9. The second-order valence-corrected chi connectivity index (χ2v) is 32.3. The molecule has 1 aromatic rings. The molecule has 27 heavy (non-hydrogen) atoms. The summed E-state index contributed by atoms with van der Waals surface area (Å²) >= 11 is 27.3. The first kappa shape index (κ1) is 28.7. The van der Waals surface area contributed by atoms with Crippen molar-refractivity contribution in [2.24, 2.45) is 0 Å². The van der Waals surface area contributed by atoms with Crippen molar-refractivity contribution < 1.29 is 26.1 Å². The van der Waals surface area contributed by atoms with Gasteiger partial charge in [0.25, 0.3) is 2.33 Å². The van der Waals surface area contributed by atoms with E-state index < -0.39 is 34.7 Å². The molecule has 0 saturated carbocycles. The molecule has 0 saturated heterocycles. The van der Waals surface area contributed by atoms with Crippen LogP contribution < -0.4 is 0 Å². The maximum atomic E-state index is 12.9. The van der Waals surface area contributed by atoms with Crippen molar-refractivity contribution in [1.29, 1.82) is 0 Å². The van der Waals surface area contributed by atoms with Crippen molar-refractivity contribution in [3.05, 3.63) is 18.2 Å². The number of rotatable bonds is 5. The van der Waals surface area contributed by atoms with E-state index in [4.69, 9.17) is 9.22 Å². The van der Waals surface area contributed by atoms with Crippen LogP contribution in [0.25, 0.3) is 0 Å². The minimum Gasteiger partial charge on any atom is -0.220 e. The highest BCUT2D eigenvalue weighted by Crippen LogP contribution is 2.49. The van der Waals surface area contributed by atoms with E-state index in [0.29, 0.717) is 12.0 Å². The molecule has 156 valence electrons. The molecule has 0 amide bonds. The van der Waals surface area contributed by atoms with Crippen LogP contribution in [-0.2, 0) is 28.9 Å². The van der Waals surface area contributed by atoms with E-state index in [1.807, 2.05) is 0 Å². The van der Waals surface area contributed by atoms with Gasteiger partial charge in [-0.2, -0.15) is 9.22 Å². The lowest BCUT2D eigenvalue weighted by molar-refractivity contribution is -0.184. The molecule has 0 heterocycles. The van der Waals surface area contributed by atoms with Gasteiger partial charge in [-0.3, -0.25) is 0 Å². The van der Waals surface area contributed by atoms with Crippen molar-refractivity contribution in [3.8, 4) is 0 Å². The lowest BCUT2D eigenvalue weighted by Crippen LogP contribution is -2.24. The Morgan fingerprint density at radius 2 is 1.19 bits per heavy atom. The first-order valence-electron chi connectivity index (χ1n) is 5.66. The Morgan fingerprint density at radius 1 is 0.741 bits per heavy atom. The molecule has 0 aliphatic rings. The van der Waals surface area contributed by atoms with Gasteiger partial charge < -0.3 is 0 Å². The van der Waals surface area contributed by atoms with Crippen molar-refractivity contribution in [2.45, 2.75) is 20.0 Å². The highest BCUT2D eigenvalue weighted by molar-refractivity contribution is 9.43. The zero-order valence-corrected chi connectivity index (χ0v) is 28.5. The summed E-state index contributed by atoms with van der Waals surface area (Å²) in [6, 6.07) is 3.62. The summed E-state index contributed by atoms with van der Waals surface area (Å²) in [4.78, 5) is 4.17. The van der Waals surface area contributed by atoms with E-state index in [1.165, 1.54) is 6.07 Å². The van der Waals surface area contributed by atoms with Crippen LogP contribution in [0.3, 0.4) is 0 Å². The van der Waals surface area contributed by atoms with Crippen LogP contribution in [0.5, 0.6) is 0 Å². The number of halogens is 9. The molecule has 0 atom stereocenters. The van der Waals surface area contributed by atoms with Crippen molar-refractivity contribution >= 4 is 175 Å². The molecular weight excluding hydrogens is 1020 g/mol. The molecule has 0 spiro atoms. The Labute approximate surface area is 235 Å². The third-order valence-electron chi connectivity index (χ3n) is 2.36. The second-order valence-electron chi connectivity index (χ2n) is 4.19. The summed E-state index contributed by atoms with van der Waals surface area (Å²) in [5.41, 5.74) is 0. The second kappa shape index (κ2) is 10.3. The molecule has 0 radical (unpaired) electrons. The average molecular weight is 1020 g/mol. The average Bonchev–Trinajstić information content (AvgIpc) is 2.43. The van der Waals surface area contributed by atoms with Crippen LogP contribution in [-0.4, -0.2) is 22.1 Å². The molecule has 18 heteroatoms. The summed E-state index contributed by atoms with van der Waals surface area (Å²) in [7, 11) is -8.46. The van der Waals surface area contributed by atoms with Crippen molar-refractivity contribution in [1.82, 2.24) is 0 Å². The van der Waals surface area contributed by atoms with Gasteiger partial charge in [-0.1, -0.05) is 0 Å². The standard InChI is InChI=1S/C9H3Br9O6S3/c10-7(11,12)23-24-25-4-1-2-5(26(19,20)8(13,14)15)6(3-4)27(21,22)9(16,17)18/h1-3H. The number of hydrogen-bond acceptors (Lipinski definition) is 7. The molecule has 0 N–H and O–H groups in total. The van der Waals surface area contributed by atoms with E-state index in [1.54, 1.807) is 0 Å². The molecule has 1 aromatic carbocycles. The van der Waals surface area contributed by atoms with Gasteiger partial charge in [-0.15, -0.1) is 0 Å². The van der Waals surface area contributed by atoms with Gasteiger partial charge in [-0.05, 0) is 162 Å². The van der Waals surface area contributed by atoms with Gasteiger partial charge in [0, 0.05) is 4.90 Å². The fourth-order valence-electron chi connectivity index (χ4n) is 1.32. The van der Waals surface area contributed by atoms with Gasteiger partial charge in [-0.25, -0.2) is 16.8 Å². The van der Waals surface area contributed by atoms with Gasteiger partial charge in [0.05, 0.1) is 21.8 Å². The lowest BCUT2D eigenvalue weighted by Gasteiger charge is -2.20. The maximum Gasteiger partial charge on any atom is 0.266 e. The van der Waals surface area contributed by atoms with Crippen molar-refractivity contribution in [3.63, 3.8) is 0 Å². The van der Waals surface area contributed by atoms with Crippen LogP contribution in [0.1, 0.15) is 0 Å². The van der Waals surface area contributed by atoms with Gasteiger partial charge in [0.1, 0.15) is 0 Å². The van der Waals surface area contributed by atoms with Gasteiger partial charge in [0.15, 0.2) is 0 Å². The highest BCUT2D eigenvalue weighted by atomic mass is 80.0. The Hall–Kier alpha value is 3.71. The zero-order chi connectivity index (χ0) is 21.5. The smallest absolute Gasteiger partial charge is 0.220 e. The molecule has 0 aliphatic carbocycles. The molecule has 0 fully saturated rings. The topological polar surface area (TPSA) is 86.7 Å². The van der Waals surface area contributed by atoms with E-state index in [2.05, 4.69) is 143 Å². The lowest BCUT2D eigenvalue weighted by atomic mass is 10.4. The van der Waals surface area contributed by atoms with Crippen molar-refractivity contribution in [2.75, 3.05) is 0 Å². The van der Waals surface area contributed by atoms with Crippen LogP contribution in [0.15, 0.2) is 32.9 Å². The highest BCUT2D eigenvalue weighted by Gasteiger charge is 2.45. The third-order valence-corrected chi connectivity index (χ3v) is 14.2. The largest absolute Gasteiger partial charge is 0.266 e. The van der Waals surface area contributed by atoms with Crippen LogP contribution in [0, 0.1) is 0 Å². The maximum absolute atomic E-state index is 12.9. The molecule has 1 rings (SSSR count). The Morgan fingerprint density at radius 3 is 1.59 bits per heavy atom. The molecule has 0 aliphatic heterocycles. The Kier molecular flexibility index (Phi) is 11.0. The first-order valence-corrected chi connectivity index (χ1v) is 16.5. The van der Waals surface area contributed by atoms with Crippen LogP contribution in [0.2, 0.25) is 0 Å². The molecule has 0 bridgehead atoms. The summed E-state index contributed by atoms with van der Waals surface area (Å²) < 4.78 is 51.5. The number of hydrogen-bond donors (Lipinski definition) is 0. The summed E-state index contributed by atoms with van der Waals surface area (Å²) in [5.74, 6) is 0. The summed E-state index contributed by atoms with van der Waals surface area (Å²) in [6.45, 7) is 0. The SMILES string of the molecule is O=S(=O)(c1ccc(SOOC(Br)(Br)Br)cc1S(=O)(=O)C(Br)(Br)Br)C(Br)(Br)Br. The normalized spacial score (nSPS) is 14.4. The number of sulfone groups is 2. The Bertz CT molecular complexity index is 898. The van der Waals surface area contributed by atoms with Gasteiger partial charge in [0.2, 0.25) is 22.6 Å². The molecular formula is C9H3Br9O6S3. The van der Waals surface area contributed by atoms with E-state index in [0.717, 1.165) is 12.1 Å². The summed E-state index contributed by atoms with van der Waals surface area (Å²) in [5, 5.41) is 0. The van der Waals surface area contributed by atoms with Gasteiger partial charge >= 0.3 is 0 Å². The minimum atomic E-state index is -4.26.